The lowest BCUT2D eigenvalue weighted by molar-refractivity contribution is 1.40. The highest BCUT2D eigenvalue weighted by molar-refractivity contribution is 8.01. The normalized spacial score (nSPS) is 10.4. The van der Waals surface area contributed by atoms with Gasteiger partial charge in [0.15, 0.2) is 0 Å². The van der Waals surface area contributed by atoms with Crippen LogP contribution in [0.3, 0.4) is 0 Å². The summed E-state index contributed by atoms with van der Waals surface area (Å²) in [7, 11) is 0. The van der Waals surface area contributed by atoms with Crippen LogP contribution in [0.5, 0.6) is 0 Å². The molecule has 0 radical (unpaired) electrons. The lowest BCUT2D eigenvalue weighted by Gasteiger charge is -1.99. The fourth-order valence-corrected chi connectivity index (χ4v) is 3.21. The molecular formula is C11H9ClS2. The number of thiophene rings is 1. The van der Waals surface area contributed by atoms with Crippen LogP contribution >= 0.6 is 34.7 Å². The molecule has 72 valence electrons. The highest BCUT2D eigenvalue weighted by Crippen LogP contribution is 2.34. The number of halogens is 1. The zero-order chi connectivity index (χ0) is 9.97. The summed E-state index contributed by atoms with van der Waals surface area (Å²) in [5.74, 6) is 0. The van der Waals surface area contributed by atoms with Crippen LogP contribution in [-0.2, 0) is 0 Å². The molecule has 2 aromatic rings. The van der Waals surface area contributed by atoms with E-state index >= 15 is 0 Å². The van der Waals surface area contributed by atoms with Crippen LogP contribution in [-0.4, -0.2) is 0 Å². The standard InChI is InChI=1S/C11H9ClS2/c1-8-6-7-13-11(8)14-10-4-2-9(12)3-5-10/h2-7H,1H3. The average molecular weight is 241 g/mol. The molecule has 0 amide bonds. The van der Waals surface area contributed by atoms with E-state index in [2.05, 4.69) is 18.4 Å². The molecule has 0 spiro atoms. The molecule has 0 nitrogen and oxygen atoms in total. The maximum atomic E-state index is 5.82. The summed E-state index contributed by atoms with van der Waals surface area (Å²) in [6, 6.07) is 10.1. The largest absolute Gasteiger partial charge is 0.137 e. The molecule has 0 N–H and O–H groups in total. The Kier molecular flexibility index (Phi) is 3.16. The number of hydrogen-bond donors (Lipinski definition) is 0. The summed E-state index contributed by atoms with van der Waals surface area (Å²) in [5.41, 5.74) is 1.34. The van der Waals surface area contributed by atoms with E-state index in [1.807, 2.05) is 24.3 Å². The molecule has 14 heavy (non-hydrogen) atoms. The Balaban J connectivity index is 2.19. The molecule has 1 aromatic carbocycles. The van der Waals surface area contributed by atoms with Crippen molar-refractivity contribution in [2.45, 2.75) is 16.0 Å². The van der Waals surface area contributed by atoms with Gasteiger partial charge >= 0.3 is 0 Å². The van der Waals surface area contributed by atoms with E-state index in [0.29, 0.717) is 0 Å². The van der Waals surface area contributed by atoms with Gasteiger partial charge in [0, 0.05) is 9.92 Å². The van der Waals surface area contributed by atoms with Crippen LogP contribution in [0.2, 0.25) is 5.02 Å². The molecule has 0 saturated heterocycles. The molecule has 0 atom stereocenters. The van der Waals surface area contributed by atoms with Crippen molar-refractivity contribution < 1.29 is 0 Å². The van der Waals surface area contributed by atoms with Crippen molar-refractivity contribution in [3.8, 4) is 0 Å². The van der Waals surface area contributed by atoms with Crippen molar-refractivity contribution >= 4 is 34.7 Å². The molecule has 0 aliphatic carbocycles. The van der Waals surface area contributed by atoms with Gasteiger partial charge in [-0.05, 0) is 48.2 Å². The van der Waals surface area contributed by atoms with Crippen molar-refractivity contribution in [1.82, 2.24) is 0 Å². The number of aryl methyl sites for hydroxylation is 1. The van der Waals surface area contributed by atoms with Gasteiger partial charge in [0.2, 0.25) is 0 Å². The van der Waals surface area contributed by atoms with Crippen LogP contribution < -0.4 is 0 Å². The molecule has 3 heteroatoms. The average Bonchev–Trinajstić information content (AvgIpc) is 2.56. The predicted octanol–water partition coefficient (Wildman–Crippen LogP) is 4.86. The van der Waals surface area contributed by atoms with E-state index in [1.165, 1.54) is 14.7 Å². The minimum absolute atomic E-state index is 0.789. The zero-order valence-electron chi connectivity index (χ0n) is 7.66. The van der Waals surface area contributed by atoms with Gasteiger partial charge in [-0.15, -0.1) is 11.3 Å². The second-order valence-electron chi connectivity index (χ2n) is 2.95. The van der Waals surface area contributed by atoms with Crippen LogP contribution in [0.1, 0.15) is 5.56 Å². The first-order chi connectivity index (χ1) is 6.75. The van der Waals surface area contributed by atoms with Gasteiger partial charge < -0.3 is 0 Å². The first-order valence-corrected chi connectivity index (χ1v) is 6.30. The highest BCUT2D eigenvalue weighted by atomic mass is 35.5. The van der Waals surface area contributed by atoms with Crippen molar-refractivity contribution in [3.05, 3.63) is 46.3 Å². The lowest BCUT2D eigenvalue weighted by Crippen LogP contribution is -1.71. The van der Waals surface area contributed by atoms with Crippen molar-refractivity contribution in [1.29, 1.82) is 0 Å². The lowest BCUT2D eigenvalue weighted by atomic mass is 10.4. The Morgan fingerprint density at radius 2 is 1.86 bits per heavy atom. The smallest absolute Gasteiger partial charge is 0.0675 e. The van der Waals surface area contributed by atoms with Gasteiger partial charge in [0.05, 0.1) is 4.21 Å². The molecule has 0 fully saturated rings. The summed E-state index contributed by atoms with van der Waals surface area (Å²) in [6.07, 6.45) is 0. The van der Waals surface area contributed by atoms with Crippen molar-refractivity contribution in [2.24, 2.45) is 0 Å². The summed E-state index contributed by atoms with van der Waals surface area (Å²) >= 11 is 9.39. The van der Waals surface area contributed by atoms with Gasteiger partial charge in [0.1, 0.15) is 0 Å². The van der Waals surface area contributed by atoms with Crippen molar-refractivity contribution in [3.63, 3.8) is 0 Å². The quantitative estimate of drug-likeness (QED) is 0.722. The van der Waals surface area contributed by atoms with Crippen LogP contribution in [0.4, 0.5) is 0 Å². The molecule has 0 aliphatic heterocycles. The van der Waals surface area contributed by atoms with Gasteiger partial charge in [-0.25, -0.2) is 0 Å². The fourth-order valence-electron chi connectivity index (χ4n) is 1.07. The van der Waals surface area contributed by atoms with E-state index in [4.69, 9.17) is 11.6 Å². The monoisotopic (exact) mass is 240 g/mol. The maximum Gasteiger partial charge on any atom is 0.0675 e. The van der Waals surface area contributed by atoms with E-state index < -0.39 is 0 Å². The summed E-state index contributed by atoms with van der Waals surface area (Å²) in [6.45, 7) is 2.13. The Morgan fingerprint density at radius 1 is 1.14 bits per heavy atom. The molecule has 0 unspecified atom stereocenters. The molecule has 1 heterocycles. The molecular weight excluding hydrogens is 232 g/mol. The molecule has 1 aromatic heterocycles. The summed E-state index contributed by atoms with van der Waals surface area (Å²) in [5, 5.41) is 2.91. The van der Waals surface area contributed by atoms with Gasteiger partial charge in [0.25, 0.3) is 0 Å². The first-order valence-electron chi connectivity index (χ1n) is 4.23. The number of rotatable bonds is 2. The first kappa shape index (κ1) is 10.1. The Morgan fingerprint density at radius 3 is 2.43 bits per heavy atom. The predicted molar refractivity (Wildman–Crippen MR) is 64.6 cm³/mol. The minimum atomic E-state index is 0.789. The SMILES string of the molecule is Cc1ccsc1Sc1ccc(Cl)cc1. The molecule has 0 aliphatic rings. The topological polar surface area (TPSA) is 0 Å². The second-order valence-corrected chi connectivity index (χ2v) is 5.64. The third-order valence-corrected chi connectivity index (χ3v) is 4.45. The summed E-state index contributed by atoms with van der Waals surface area (Å²) in [4.78, 5) is 1.24. The van der Waals surface area contributed by atoms with Gasteiger partial charge in [-0.2, -0.15) is 0 Å². The highest BCUT2D eigenvalue weighted by Gasteiger charge is 2.01. The summed E-state index contributed by atoms with van der Waals surface area (Å²) < 4.78 is 1.35. The Labute approximate surface area is 96.9 Å². The Bertz CT molecular complexity index is 417. The van der Waals surface area contributed by atoms with Crippen molar-refractivity contribution in [2.75, 3.05) is 0 Å². The van der Waals surface area contributed by atoms with Gasteiger partial charge in [-0.3, -0.25) is 0 Å². The maximum absolute atomic E-state index is 5.82. The zero-order valence-corrected chi connectivity index (χ0v) is 10.0. The van der Waals surface area contributed by atoms with Crippen LogP contribution in [0.15, 0.2) is 44.8 Å². The van der Waals surface area contributed by atoms with Crippen LogP contribution in [0.25, 0.3) is 0 Å². The van der Waals surface area contributed by atoms with E-state index in [0.717, 1.165) is 5.02 Å². The number of benzene rings is 1. The molecule has 2 rings (SSSR count). The Hall–Kier alpha value is -0.440. The fraction of sp³-hybridized carbons (Fsp3) is 0.0909. The van der Waals surface area contributed by atoms with Gasteiger partial charge in [-0.1, -0.05) is 23.4 Å². The minimum Gasteiger partial charge on any atom is -0.137 e. The molecule has 0 bridgehead atoms. The van der Waals surface area contributed by atoms with E-state index in [9.17, 15) is 0 Å². The third kappa shape index (κ3) is 2.32. The van der Waals surface area contributed by atoms with E-state index in [-0.39, 0.29) is 0 Å². The van der Waals surface area contributed by atoms with E-state index in [1.54, 1.807) is 23.1 Å². The number of hydrogen-bond acceptors (Lipinski definition) is 2. The molecule has 0 saturated carbocycles. The third-order valence-electron chi connectivity index (χ3n) is 1.84. The van der Waals surface area contributed by atoms with Crippen LogP contribution in [0, 0.1) is 6.92 Å². The second kappa shape index (κ2) is 4.39.